The first-order valence-electron chi connectivity index (χ1n) is 10.3. The highest BCUT2D eigenvalue weighted by atomic mass is 16.2. The standard InChI is InChI=1S/C23H28N4O2/c1-17-5-7-19(8-6-17)14-25-10-12-26(13-11-25)23(29)21-16-27(18(2)28)15-20-4-3-9-24-22(20)21/h3-9,21H,10-16H2,1-2H3. The third kappa shape index (κ3) is 4.32. The minimum atomic E-state index is -0.368. The SMILES string of the molecule is CC(=O)N1Cc2cccnc2C(C(=O)N2CCN(Cc3ccc(C)cc3)CC2)C1. The van der Waals surface area contributed by atoms with Gasteiger partial charge in [-0.3, -0.25) is 19.5 Å². The Morgan fingerprint density at radius 3 is 2.45 bits per heavy atom. The summed E-state index contributed by atoms with van der Waals surface area (Å²) in [5.41, 5.74) is 4.38. The van der Waals surface area contributed by atoms with E-state index in [9.17, 15) is 9.59 Å². The van der Waals surface area contributed by atoms with E-state index in [-0.39, 0.29) is 17.7 Å². The van der Waals surface area contributed by atoms with Crippen LogP contribution in [0.25, 0.3) is 0 Å². The van der Waals surface area contributed by atoms with Crippen molar-refractivity contribution in [3.05, 3.63) is 65.0 Å². The molecular weight excluding hydrogens is 364 g/mol. The molecule has 2 aliphatic heterocycles. The van der Waals surface area contributed by atoms with E-state index in [0.29, 0.717) is 26.2 Å². The van der Waals surface area contributed by atoms with E-state index in [1.165, 1.54) is 11.1 Å². The summed E-state index contributed by atoms with van der Waals surface area (Å²) in [4.78, 5) is 35.9. The van der Waals surface area contributed by atoms with Crippen molar-refractivity contribution >= 4 is 11.8 Å². The Morgan fingerprint density at radius 1 is 1.03 bits per heavy atom. The quantitative estimate of drug-likeness (QED) is 0.803. The monoisotopic (exact) mass is 392 g/mol. The smallest absolute Gasteiger partial charge is 0.233 e. The van der Waals surface area contributed by atoms with Crippen molar-refractivity contribution in [2.75, 3.05) is 32.7 Å². The first kappa shape index (κ1) is 19.6. The number of rotatable bonds is 3. The third-order valence-electron chi connectivity index (χ3n) is 5.97. The van der Waals surface area contributed by atoms with E-state index in [1.54, 1.807) is 18.0 Å². The molecule has 0 spiro atoms. The van der Waals surface area contributed by atoms with Gasteiger partial charge in [0.05, 0.1) is 11.6 Å². The van der Waals surface area contributed by atoms with Gasteiger partial charge in [-0.05, 0) is 24.1 Å². The summed E-state index contributed by atoms with van der Waals surface area (Å²) in [6, 6.07) is 12.5. The van der Waals surface area contributed by atoms with Crippen molar-refractivity contribution in [3.8, 4) is 0 Å². The highest BCUT2D eigenvalue weighted by molar-refractivity contribution is 5.85. The number of pyridine rings is 1. The second-order valence-corrected chi connectivity index (χ2v) is 8.09. The molecule has 0 radical (unpaired) electrons. The van der Waals surface area contributed by atoms with Crippen LogP contribution in [0.5, 0.6) is 0 Å². The van der Waals surface area contributed by atoms with Crippen LogP contribution in [0.15, 0.2) is 42.6 Å². The largest absolute Gasteiger partial charge is 0.339 e. The number of aryl methyl sites for hydroxylation is 1. The first-order valence-corrected chi connectivity index (χ1v) is 10.3. The molecule has 1 fully saturated rings. The van der Waals surface area contributed by atoms with Crippen LogP contribution in [0.2, 0.25) is 0 Å². The number of amides is 2. The van der Waals surface area contributed by atoms with Gasteiger partial charge in [-0.1, -0.05) is 35.9 Å². The number of carbonyl (C=O) groups excluding carboxylic acids is 2. The summed E-state index contributed by atoms with van der Waals surface area (Å²) in [7, 11) is 0. The number of piperazine rings is 1. The molecule has 29 heavy (non-hydrogen) atoms. The number of carbonyl (C=O) groups is 2. The van der Waals surface area contributed by atoms with Crippen LogP contribution in [0, 0.1) is 6.92 Å². The summed E-state index contributed by atoms with van der Waals surface area (Å²) in [5, 5.41) is 0. The van der Waals surface area contributed by atoms with E-state index < -0.39 is 0 Å². The Hall–Kier alpha value is -2.73. The molecule has 1 saturated heterocycles. The fraction of sp³-hybridized carbons (Fsp3) is 0.435. The van der Waals surface area contributed by atoms with Gasteiger partial charge in [-0.25, -0.2) is 0 Å². The molecule has 4 rings (SSSR count). The van der Waals surface area contributed by atoms with E-state index in [0.717, 1.165) is 30.9 Å². The zero-order valence-electron chi connectivity index (χ0n) is 17.2. The Balaban J connectivity index is 1.41. The van der Waals surface area contributed by atoms with Crippen molar-refractivity contribution in [2.45, 2.75) is 32.9 Å². The summed E-state index contributed by atoms with van der Waals surface area (Å²) >= 11 is 0. The summed E-state index contributed by atoms with van der Waals surface area (Å²) in [6.45, 7) is 8.66. The van der Waals surface area contributed by atoms with Crippen LogP contribution in [0.3, 0.4) is 0 Å². The number of nitrogens with zero attached hydrogens (tertiary/aromatic N) is 4. The Bertz CT molecular complexity index is 888. The van der Waals surface area contributed by atoms with Gasteiger partial charge in [0.2, 0.25) is 11.8 Å². The predicted octanol–water partition coefficient (Wildman–Crippen LogP) is 2.18. The molecule has 1 aromatic carbocycles. The van der Waals surface area contributed by atoms with Gasteiger partial charge in [0.25, 0.3) is 0 Å². The van der Waals surface area contributed by atoms with E-state index in [4.69, 9.17) is 0 Å². The van der Waals surface area contributed by atoms with Gasteiger partial charge in [0.15, 0.2) is 0 Å². The van der Waals surface area contributed by atoms with Crippen LogP contribution in [0.4, 0.5) is 0 Å². The number of hydrogen-bond acceptors (Lipinski definition) is 4. The molecule has 0 saturated carbocycles. The van der Waals surface area contributed by atoms with Gasteiger partial charge in [0.1, 0.15) is 0 Å². The van der Waals surface area contributed by atoms with Crippen LogP contribution < -0.4 is 0 Å². The molecule has 2 amide bonds. The van der Waals surface area contributed by atoms with Gasteiger partial charge in [-0.15, -0.1) is 0 Å². The van der Waals surface area contributed by atoms with Crippen molar-refractivity contribution in [3.63, 3.8) is 0 Å². The zero-order valence-corrected chi connectivity index (χ0v) is 17.2. The molecule has 6 heteroatoms. The Morgan fingerprint density at radius 2 is 1.76 bits per heavy atom. The van der Waals surface area contributed by atoms with Crippen molar-refractivity contribution < 1.29 is 9.59 Å². The maximum Gasteiger partial charge on any atom is 0.233 e. The van der Waals surface area contributed by atoms with Crippen molar-refractivity contribution in [1.29, 1.82) is 0 Å². The second-order valence-electron chi connectivity index (χ2n) is 8.09. The van der Waals surface area contributed by atoms with E-state index in [2.05, 4.69) is 41.1 Å². The van der Waals surface area contributed by atoms with Gasteiger partial charge >= 0.3 is 0 Å². The van der Waals surface area contributed by atoms with E-state index in [1.807, 2.05) is 17.0 Å². The predicted molar refractivity (Wildman–Crippen MR) is 111 cm³/mol. The molecule has 152 valence electrons. The average Bonchev–Trinajstić information content (AvgIpc) is 2.74. The van der Waals surface area contributed by atoms with Gasteiger partial charge in [0, 0.05) is 58.9 Å². The number of aromatic nitrogens is 1. The maximum absolute atomic E-state index is 13.3. The number of fused-ring (bicyclic) bond motifs is 1. The lowest BCUT2D eigenvalue weighted by atomic mass is 9.93. The molecule has 1 atom stereocenters. The van der Waals surface area contributed by atoms with Crippen LogP contribution in [-0.2, 0) is 22.7 Å². The molecule has 2 aromatic rings. The normalized spacial score (nSPS) is 19.7. The number of hydrogen-bond donors (Lipinski definition) is 0. The van der Waals surface area contributed by atoms with Crippen molar-refractivity contribution in [1.82, 2.24) is 19.7 Å². The highest BCUT2D eigenvalue weighted by Gasteiger charge is 2.36. The molecule has 0 aliphatic carbocycles. The Labute approximate surface area is 172 Å². The third-order valence-corrected chi connectivity index (χ3v) is 5.97. The maximum atomic E-state index is 13.3. The molecule has 0 N–H and O–H groups in total. The molecule has 0 bridgehead atoms. The van der Waals surface area contributed by atoms with E-state index >= 15 is 0 Å². The minimum Gasteiger partial charge on any atom is -0.339 e. The topological polar surface area (TPSA) is 56.8 Å². The van der Waals surface area contributed by atoms with Gasteiger partial charge < -0.3 is 9.80 Å². The van der Waals surface area contributed by atoms with Gasteiger partial charge in [-0.2, -0.15) is 0 Å². The highest BCUT2D eigenvalue weighted by Crippen LogP contribution is 2.28. The van der Waals surface area contributed by atoms with Crippen LogP contribution in [0.1, 0.15) is 35.2 Å². The number of benzene rings is 1. The van der Waals surface area contributed by atoms with Crippen LogP contribution in [-0.4, -0.2) is 64.2 Å². The lowest BCUT2D eigenvalue weighted by molar-refractivity contribution is -0.137. The minimum absolute atomic E-state index is 0.000204. The summed E-state index contributed by atoms with van der Waals surface area (Å²) in [5.74, 6) is -0.279. The lowest BCUT2D eigenvalue weighted by Gasteiger charge is -2.39. The molecule has 1 aromatic heterocycles. The summed E-state index contributed by atoms with van der Waals surface area (Å²) in [6.07, 6.45) is 1.74. The first-order chi connectivity index (χ1) is 14.0. The second kappa shape index (κ2) is 8.33. The lowest BCUT2D eigenvalue weighted by Crippen LogP contribution is -2.52. The fourth-order valence-corrected chi connectivity index (χ4v) is 4.21. The molecule has 2 aliphatic rings. The average molecular weight is 393 g/mol. The zero-order chi connectivity index (χ0) is 20.4. The molecule has 1 unspecified atom stereocenters. The van der Waals surface area contributed by atoms with Crippen LogP contribution >= 0.6 is 0 Å². The van der Waals surface area contributed by atoms with Crippen molar-refractivity contribution in [2.24, 2.45) is 0 Å². The Kier molecular flexibility index (Phi) is 5.62. The molecular formula is C23H28N4O2. The fourth-order valence-electron chi connectivity index (χ4n) is 4.21. The molecule has 6 nitrogen and oxygen atoms in total. The molecule has 3 heterocycles. The summed E-state index contributed by atoms with van der Waals surface area (Å²) < 4.78 is 0.